The van der Waals surface area contributed by atoms with E-state index in [0.29, 0.717) is 11.1 Å². The van der Waals surface area contributed by atoms with Gasteiger partial charge in [-0.05, 0) is 30.7 Å². The van der Waals surface area contributed by atoms with Crippen LogP contribution in [0.15, 0.2) is 52.3 Å². The van der Waals surface area contributed by atoms with Crippen molar-refractivity contribution in [2.75, 3.05) is 0 Å². The summed E-state index contributed by atoms with van der Waals surface area (Å²) in [5.41, 5.74) is 2.04. The Morgan fingerprint density at radius 3 is 2.28 bits per heavy atom. The highest BCUT2D eigenvalue weighted by Crippen LogP contribution is 2.33. The fourth-order valence-corrected chi connectivity index (χ4v) is 2.63. The first kappa shape index (κ1) is 12.2. The highest BCUT2D eigenvalue weighted by Gasteiger charge is 2.09. The quantitative estimate of drug-likeness (QED) is 0.812. The molecule has 2 aromatic carbocycles. The van der Waals surface area contributed by atoms with Gasteiger partial charge in [0.2, 0.25) is 0 Å². The maximum atomic E-state index is 9.16. The van der Waals surface area contributed by atoms with Crippen LogP contribution >= 0.6 is 11.8 Å². The van der Waals surface area contributed by atoms with Crippen LogP contribution in [0.5, 0.6) is 0 Å². The maximum Gasteiger partial charge on any atom is 0.102 e. The van der Waals surface area contributed by atoms with Crippen LogP contribution in [-0.2, 0) is 0 Å². The molecular weight excluding hydrogens is 240 g/mol. The molecule has 0 unspecified atom stereocenters. The van der Waals surface area contributed by atoms with Gasteiger partial charge in [-0.2, -0.15) is 10.5 Å². The topological polar surface area (TPSA) is 47.6 Å². The Hall–Kier alpha value is -2.23. The molecule has 0 fully saturated rings. The van der Waals surface area contributed by atoms with E-state index in [1.807, 2.05) is 37.3 Å². The van der Waals surface area contributed by atoms with Crippen LogP contribution in [0.25, 0.3) is 0 Å². The summed E-state index contributed by atoms with van der Waals surface area (Å²) in [6.07, 6.45) is 0. The Labute approximate surface area is 110 Å². The summed E-state index contributed by atoms with van der Waals surface area (Å²) in [7, 11) is 0. The van der Waals surface area contributed by atoms with E-state index in [1.165, 1.54) is 11.8 Å². The zero-order valence-electron chi connectivity index (χ0n) is 9.84. The maximum absolute atomic E-state index is 9.16. The number of aryl methyl sites for hydroxylation is 1. The molecule has 2 aromatic rings. The lowest BCUT2D eigenvalue weighted by Gasteiger charge is -2.07. The molecule has 0 amide bonds. The van der Waals surface area contributed by atoms with Gasteiger partial charge in [-0.25, -0.2) is 0 Å². The minimum Gasteiger partial charge on any atom is -0.192 e. The summed E-state index contributed by atoms with van der Waals surface area (Å²) in [6, 6.07) is 17.5. The van der Waals surface area contributed by atoms with Crippen LogP contribution in [-0.4, -0.2) is 0 Å². The monoisotopic (exact) mass is 250 g/mol. The van der Waals surface area contributed by atoms with Crippen molar-refractivity contribution in [3.05, 3.63) is 59.2 Å². The molecule has 2 rings (SSSR count). The number of hydrogen-bond acceptors (Lipinski definition) is 3. The van der Waals surface area contributed by atoms with Crippen LogP contribution in [0.1, 0.15) is 16.7 Å². The van der Waals surface area contributed by atoms with Crippen molar-refractivity contribution in [2.24, 2.45) is 0 Å². The van der Waals surface area contributed by atoms with Gasteiger partial charge in [-0.15, -0.1) is 0 Å². The highest BCUT2D eigenvalue weighted by molar-refractivity contribution is 7.99. The first-order valence-electron chi connectivity index (χ1n) is 5.43. The minimum atomic E-state index is 0.427. The molecule has 0 saturated heterocycles. The summed E-state index contributed by atoms with van der Waals surface area (Å²) in [6.45, 7) is 2.03. The fraction of sp³-hybridized carbons (Fsp3) is 0.0667. The lowest BCUT2D eigenvalue weighted by Crippen LogP contribution is -1.88. The Morgan fingerprint density at radius 2 is 1.61 bits per heavy atom. The van der Waals surface area contributed by atoms with Crippen molar-refractivity contribution in [3.63, 3.8) is 0 Å². The molecular formula is C15H10N2S. The molecule has 0 heterocycles. The lowest BCUT2D eigenvalue weighted by atomic mass is 10.1. The Kier molecular flexibility index (Phi) is 3.67. The van der Waals surface area contributed by atoms with Gasteiger partial charge < -0.3 is 0 Å². The summed E-state index contributed by atoms with van der Waals surface area (Å²) in [5, 5.41) is 18.1. The highest BCUT2D eigenvalue weighted by atomic mass is 32.2. The van der Waals surface area contributed by atoms with Crippen LogP contribution in [0.3, 0.4) is 0 Å². The van der Waals surface area contributed by atoms with Gasteiger partial charge in [0.1, 0.15) is 12.1 Å². The predicted octanol–water partition coefficient (Wildman–Crippen LogP) is 3.89. The van der Waals surface area contributed by atoms with Gasteiger partial charge in [-0.1, -0.05) is 36.0 Å². The van der Waals surface area contributed by atoms with E-state index < -0.39 is 0 Å². The second-order valence-electron chi connectivity index (χ2n) is 3.77. The molecule has 0 radical (unpaired) electrons. The summed E-state index contributed by atoms with van der Waals surface area (Å²) in [5.74, 6) is 0. The van der Waals surface area contributed by atoms with Crippen LogP contribution in [0.2, 0.25) is 0 Å². The second kappa shape index (κ2) is 5.40. The molecule has 0 aromatic heterocycles. The van der Waals surface area contributed by atoms with Gasteiger partial charge in [0.25, 0.3) is 0 Å². The Balaban J connectivity index is 2.46. The molecule has 0 aliphatic rings. The van der Waals surface area contributed by atoms with E-state index in [-0.39, 0.29) is 0 Å². The summed E-state index contributed by atoms with van der Waals surface area (Å²) in [4.78, 5) is 1.93. The van der Waals surface area contributed by atoms with E-state index in [9.17, 15) is 0 Å². The number of benzene rings is 2. The van der Waals surface area contributed by atoms with Crippen molar-refractivity contribution in [2.45, 2.75) is 16.7 Å². The average molecular weight is 250 g/mol. The molecule has 0 aliphatic heterocycles. The van der Waals surface area contributed by atoms with Crippen molar-refractivity contribution in [1.29, 1.82) is 10.5 Å². The normalized spacial score (nSPS) is 9.50. The van der Waals surface area contributed by atoms with Gasteiger partial charge in [0, 0.05) is 9.79 Å². The molecule has 0 aliphatic carbocycles. The first-order valence-corrected chi connectivity index (χ1v) is 6.24. The smallest absolute Gasteiger partial charge is 0.102 e. The number of rotatable bonds is 2. The van der Waals surface area contributed by atoms with Gasteiger partial charge in [-0.3, -0.25) is 0 Å². The first-order chi connectivity index (χ1) is 8.76. The second-order valence-corrected chi connectivity index (χ2v) is 4.85. The van der Waals surface area contributed by atoms with E-state index in [4.69, 9.17) is 10.5 Å². The molecule has 0 saturated carbocycles. The third-order valence-electron chi connectivity index (χ3n) is 2.57. The van der Waals surface area contributed by atoms with Gasteiger partial charge >= 0.3 is 0 Å². The fourth-order valence-electron chi connectivity index (χ4n) is 1.61. The molecule has 86 valence electrons. The third kappa shape index (κ3) is 2.37. The Morgan fingerprint density at radius 1 is 0.889 bits per heavy atom. The van der Waals surface area contributed by atoms with E-state index in [2.05, 4.69) is 12.1 Å². The summed E-state index contributed by atoms with van der Waals surface area (Å²) < 4.78 is 0. The largest absolute Gasteiger partial charge is 0.192 e. The van der Waals surface area contributed by atoms with Gasteiger partial charge in [0.05, 0.1) is 11.1 Å². The van der Waals surface area contributed by atoms with Crippen molar-refractivity contribution in [1.82, 2.24) is 0 Å². The zero-order valence-corrected chi connectivity index (χ0v) is 10.7. The third-order valence-corrected chi connectivity index (χ3v) is 3.81. The van der Waals surface area contributed by atoms with Crippen molar-refractivity contribution >= 4 is 11.8 Å². The van der Waals surface area contributed by atoms with Crippen LogP contribution in [0, 0.1) is 29.6 Å². The standard InChI is InChI=1S/C15H10N2S/c1-11-5-2-3-7-14(11)18-15-8-4-6-12(9-16)13(15)10-17/h2-8H,1H3. The molecule has 2 nitrogen and oxygen atoms in total. The van der Waals surface area contributed by atoms with E-state index in [0.717, 1.165) is 15.4 Å². The van der Waals surface area contributed by atoms with E-state index in [1.54, 1.807) is 12.1 Å². The van der Waals surface area contributed by atoms with E-state index >= 15 is 0 Å². The molecule has 0 N–H and O–H groups in total. The zero-order chi connectivity index (χ0) is 13.0. The van der Waals surface area contributed by atoms with Crippen molar-refractivity contribution < 1.29 is 0 Å². The number of hydrogen-bond donors (Lipinski definition) is 0. The molecule has 3 heteroatoms. The molecule has 0 spiro atoms. The van der Waals surface area contributed by atoms with Gasteiger partial charge in [0.15, 0.2) is 0 Å². The molecule has 0 atom stereocenters. The van der Waals surface area contributed by atoms with Crippen molar-refractivity contribution in [3.8, 4) is 12.1 Å². The summed E-state index contributed by atoms with van der Waals surface area (Å²) >= 11 is 1.52. The Bertz CT molecular complexity index is 663. The van der Waals surface area contributed by atoms with Crippen LogP contribution in [0.4, 0.5) is 0 Å². The molecule has 0 bridgehead atoms. The number of nitriles is 2. The SMILES string of the molecule is Cc1ccccc1Sc1cccc(C#N)c1C#N. The lowest BCUT2D eigenvalue weighted by molar-refractivity contribution is 1.28. The minimum absolute atomic E-state index is 0.427. The van der Waals surface area contributed by atoms with Crippen LogP contribution < -0.4 is 0 Å². The molecule has 18 heavy (non-hydrogen) atoms. The average Bonchev–Trinajstić information content (AvgIpc) is 2.41. The predicted molar refractivity (Wildman–Crippen MR) is 71.2 cm³/mol. The number of nitrogens with zero attached hydrogens (tertiary/aromatic N) is 2.